The van der Waals surface area contributed by atoms with Gasteiger partial charge in [-0.3, -0.25) is 4.79 Å². The Bertz CT molecular complexity index is 980. The molecule has 1 fully saturated rings. The Hall–Kier alpha value is -3.09. The summed E-state index contributed by atoms with van der Waals surface area (Å²) < 4.78 is 11.3. The molecule has 2 heterocycles. The molecule has 1 aliphatic carbocycles. The minimum atomic E-state index is -0.110. The predicted molar refractivity (Wildman–Crippen MR) is 94.3 cm³/mol. The predicted octanol–water partition coefficient (Wildman–Crippen LogP) is 2.61. The lowest BCUT2D eigenvalue weighted by atomic mass is 10.0. The average Bonchev–Trinajstić information content (AvgIpc) is 3.41. The van der Waals surface area contributed by atoms with Crippen molar-refractivity contribution in [3.8, 4) is 11.5 Å². The van der Waals surface area contributed by atoms with Crippen molar-refractivity contribution in [3.63, 3.8) is 0 Å². The number of nitrogens with one attached hydrogen (secondary N) is 2. The Morgan fingerprint density at radius 3 is 2.69 bits per heavy atom. The molecule has 0 radical (unpaired) electrons. The number of hydrogen-bond acceptors (Lipinski definition) is 5. The highest BCUT2D eigenvalue weighted by atomic mass is 16.6. The van der Waals surface area contributed by atoms with Crippen LogP contribution in [0.15, 0.2) is 36.4 Å². The molecule has 1 atom stereocenters. The molecular weight excluding hydrogens is 332 g/mol. The highest BCUT2D eigenvalue weighted by molar-refractivity contribution is 5.97. The molecule has 2 aliphatic rings. The second kappa shape index (κ2) is 6.01. The zero-order valence-corrected chi connectivity index (χ0v) is 14.1. The number of nitrogens with zero attached hydrogens (tertiary/aromatic N) is 2. The zero-order valence-electron chi connectivity index (χ0n) is 14.1. The van der Waals surface area contributed by atoms with E-state index in [-0.39, 0.29) is 11.9 Å². The largest absolute Gasteiger partial charge is 0.486 e. The molecule has 5 rings (SSSR count). The quantitative estimate of drug-likeness (QED) is 0.755. The van der Waals surface area contributed by atoms with Crippen molar-refractivity contribution in [1.29, 1.82) is 0 Å². The first kappa shape index (κ1) is 15.2. The number of aromatic nitrogens is 3. The van der Waals surface area contributed by atoms with Crippen molar-refractivity contribution < 1.29 is 14.3 Å². The molecule has 132 valence electrons. The second-order valence-electron chi connectivity index (χ2n) is 6.72. The third-order valence-electron chi connectivity index (χ3n) is 4.88. The first-order valence-electron chi connectivity index (χ1n) is 8.79. The Kier molecular flexibility index (Phi) is 3.51. The number of hydrogen-bond donors (Lipinski definition) is 2. The zero-order chi connectivity index (χ0) is 17.5. The van der Waals surface area contributed by atoms with Gasteiger partial charge < -0.3 is 14.8 Å². The Morgan fingerprint density at radius 2 is 1.85 bits per heavy atom. The van der Waals surface area contributed by atoms with E-state index in [4.69, 9.17) is 9.47 Å². The van der Waals surface area contributed by atoms with Gasteiger partial charge in [0.2, 0.25) is 0 Å². The number of carbonyl (C=O) groups excluding carboxylic acids is 1. The Labute approximate surface area is 149 Å². The van der Waals surface area contributed by atoms with Crippen LogP contribution in [0.5, 0.6) is 11.5 Å². The molecule has 26 heavy (non-hydrogen) atoms. The number of carbonyl (C=O) groups is 1. The standard InChI is InChI=1S/C19H18N4O3/c24-19(13-3-5-14-15(9-13)22-23-21-14)20-18(11-1-2-11)12-4-6-16-17(10-12)26-8-7-25-16/h3-6,9-11,18H,1-2,7-8H2,(H,20,24)(H,21,22,23). The van der Waals surface area contributed by atoms with E-state index in [1.807, 2.05) is 18.2 Å². The van der Waals surface area contributed by atoms with Crippen molar-refractivity contribution in [2.45, 2.75) is 18.9 Å². The van der Waals surface area contributed by atoms with Crippen LogP contribution in [0.1, 0.15) is 34.8 Å². The fourth-order valence-corrected chi connectivity index (χ4v) is 3.36. The number of aromatic amines is 1. The van der Waals surface area contributed by atoms with Crippen LogP contribution in [0, 0.1) is 5.92 Å². The van der Waals surface area contributed by atoms with E-state index < -0.39 is 0 Å². The topological polar surface area (TPSA) is 89.1 Å². The smallest absolute Gasteiger partial charge is 0.251 e. The number of benzene rings is 2. The fraction of sp³-hybridized carbons (Fsp3) is 0.316. The summed E-state index contributed by atoms with van der Waals surface area (Å²) in [6.45, 7) is 1.12. The normalized spacial score (nSPS) is 17.1. The molecule has 1 aliphatic heterocycles. The van der Waals surface area contributed by atoms with E-state index in [2.05, 4.69) is 20.7 Å². The third-order valence-corrected chi connectivity index (χ3v) is 4.88. The van der Waals surface area contributed by atoms with Crippen LogP contribution in [0.4, 0.5) is 0 Å². The Morgan fingerprint density at radius 1 is 1.04 bits per heavy atom. The summed E-state index contributed by atoms with van der Waals surface area (Å²) in [5.74, 6) is 1.86. The third kappa shape index (κ3) is 2.75. The maximum Gasteiger partial charge on any atom is 0.251 e. The molecule has 3 aromatic rings. The molecule has 7 nitrogen and oxygen atoms in total. The number of H-pyrrole nitrogens is 1. The molecule has 0 saturated heterocycles. The maximum atomic E-state index is 12.8. The average molecular weight is 350 g/mol. The summed E-state index contributed by atoms with van der Waals surface area (Å²) in [7, 11) is 0. The summed E-state index contributed by atoms with van der Waals surface area (Å²) in [5, 5.41) is 13.8. The van der Waals surface area contributed by atoms with Gasteiger partial charge in [0.25, 0.3) is 5.91 Å². The van der Waals surface area contributed by atoms with Crippen LogP contribution in [0.3, 0.4) is 0 Å². The molecule has 0 spiro atoms. The van der Waals surface area contributed by atoms with Gasteiger partial charge in [-0.1, -0.05) is 6.07 Å². The number of fused-ring (bicyclic) bond motifs is 2. The lowest BCUT2D eigenvalue weighted by molar-refractivity contribution is 0.0931. The van der Waals surface area contributed by atoms with E-state index in [0.717, 1.165) is 35.4 Å². The van der Waals surface area contributed by atoms with Gasteiger partial charge in [-0.2, -0.15) is 15.4 Å². The lowest BCUT2D eigenvalue weighted by Crippen LogP contribution is -2.30. The van der Waals surface area contributed by atoms with Gasteiger partial charge in [-0.25, -0.2) is 0 Å². The highest BCUT2D eigenvalue weighted by Gasteiger charge is 2.34. The highest BCUT2D eigenvalue weighted by Crippen LogP contribution is 2.43. The lowest BCUT2D eigenvalue weighted by Gasteiger charge is -2.23. The second-order valence-corrected chi connectivity index (χ2v) is 6.72. The van der Waals surface area contributed by atoms with Crippen molar-refractivity contribution in [3.05, 3.63) is 47.5 Å². The summed E-state index contributed by atoms with van der Waals surface area (Å²) in [5.41, 5.74) is 3.05. The summed E-state index contributed by atoms with van der Waals surface area (Å²) in [6, 6.07) is 11.2. The molecule has 2 N–H and O–H groups in total. The molecule has 7 heteroatoms. The minimum Gasteiger partial charge on any atom is -0.486 e. The molecule has 2 aromatic carbocycles. The van der Waals surface area contributed by atoms with Gasteiger partial charge in [-0.05, 0) is 54.7 Å². The van der Waals surface area contributed by atoms with Crippen molar-refractivity contribution in [2.24, 2.45) is 5.92 Å². The van der Waals surface area contributed by atoms with Crippen LogP contribution in [-0.4, -0.2) is 34.5 Å². The van der Waals surface area contributed by atoms with Gasteiger partial charge in [0.15, 0.2) is 11.5 Å². The molecule has 0 bridgehead atoms. The first-order chi connectivity index (χ1) is 12.8. The van der Waals surface area contributed by atoms with Crippen molar-refractivity contribution in [2.75, 3.05) is 13.2 Å². The van der Waals surface area contributed by atoms with E-state index >= 15 is 0 Å². The number of ether oxygens (including phenoxy) is 2. The van der Waals surface area contributed by atoms with Crippen LogP contribution in [0.25, 0.3) is 11.0 Å². The van der Waals surface area contributed by atoms with Gasteiger partial charge in [0.1, 0.15) is 24.2 Å². The fourth-order valence-electron chi connectivity index (χ4n) is 3.36. The minimum absolute atomic E-state index is 0.0358. The SMILES string of the molecule is O=C(NC(c1ccc2c(c1)OCCO2)C1CC1)c1ccc2n[nH]nc2c1. The summed E-state index contributed by atoms with van der Waals surface area (Å²) in [4.78, 5) is 12.8. The van der Waals surface area contributed by atoms with Crippen LogP contribution in [0.2, 0.25) is 0 Å². The first-order valence-corrected chi connectivity index (χ1v) is 8.79. The van der Waals surface area contributed by atoms with Crippen molar-refractivity contribution >= 4 is 16.9 Å². The molecule has 1 unspecified atom stereocenters. The van der Waals surface area contributed by atoms with Gasteiger partial charge in [-0.15, -0.1) is 0 Å². The van der Waals surface area contributed by atoms with E-state index in [9.17, 15) is 4.79 Å². The number of amides is 1. The molecule has 1 aromatic heterocycles. The van der Waals surface area contributed by atoms with Gasteiger partial charge in [0, 0.05) is 5.56 Å². The maximum absolute atomic E-state index is 12.8. The molecular formula is C19H18N4O3. The van der Waals surface area contributed by atoms with E-state index in [1.165, 1.54) is 0 Å². The molecule has 1 saturated carbocycles. The summed E-state index contributed by atoms with van der Waals surface area (Å²) in [6.07, 6.45) is 2.23. The Balaban J connectivity index is 1.41. The van der Waals surface area contributed by atoms with Crippen LogP contribution >= 0.6 is 0 Å². The van der Waals surface area contributed by atoms with Gasteiger partial charge >= 0.3 is 0 Å². The number of rotatable bonds is 4. The van der Waals surface area contributed by atoms with E-state index in [0.29, 0.717) is 30.2 Å². The van der Waals surface area contributed by atoms with E-state index in [1.54, 1.807) is 18.2 Å². The van der Waals surface area contributed by atoms with Crippen LogP contribution < -0.4 is 14.8 Å². The van der Waals surface area contributed by atoms with Crippen LogP contribution in [-0.2, 0) is 0 Å². The summed E-state index contributed by atoms with van der Waals surface area (Å²) >= 11 is 0. The van der Waals surface area contributed by atoms with Gasteiger partial charge in [0.05, 0.1) is 6.04 Å². The monoisotopic (exact) mass is 350 g/mol. The molecule has 1 amide bonds. The van der Waals surface area contributed by atoms with Crippen molar-refractivity contribution in [1.82, 2.24) is 20.7 Å².